The zero-order valence-corrected chi connectivity index (χ0v) is 15.5. The van der Waals surface area contributed by atoms with Gasteiger partial charge >= 0.3 is 5.97 Å². The van der Waals surface area contributed by atoms with E-state index in [0.29, 0.717) is 5.56 Å². The highest BCUT2D eigenvalue weighted by Crippen LogP contribution is 2.27. The Bertz CT molecular complexity index is 1040. The van der Waals surface area contributed by atoms with Gasteiger partial charge in [-0.3, -0.25) is 4.79 Å². The molecule has 13 heteroatoms. The third-order valence-corrected chi connectivity index (χ3v) is 3.43. The largest absolute Gasteiger partial charge is 0.481 e. The van der Waals surface area contributed by atoms with E-state index in [2.05, 4.69) is 25.4 Å². The molecule has 0 radical (unpaired) electrons. The predicted octanol–water partition coefficient (Wildman–Crippen LogP) is 1.16. The molecule has 2 aromatic heterocycles. The minimum atomic E-state index is -1.03. The first-order chi connectivity index (χ1) is 13.4. The summed E-state index contributed by atoms with van der Waals surface area (Å²) in [4.78, 5) is 19.3. The van der Waals surface area contributed by atoms with Crippen molar-refractivity contribution in [3.05, 3.63) is 42.2 Å². The number of hydrogen-bond acceptors (Lipinski definition) is 9. The van der Waals surface area contributed by atoms with Gasteiger partial charge in [0.15, 0.2) is 17.3 Å². The molecule has 0 fully saturated rings. The van der Waals surface area contributed by atoms with Gasteiger partial charge in [-0.25, -0.2) is 14.4 Å². The molecule has 0 bridgehead atoms. The van der Waals surface area contributed by atoms with Crippen molar-refractivity contribution in [3.63, 3.8) is 0 Å². The van der Waals surface area contributed by atoms with E-state index in [1.165, 1.54) is 30.6 Å². The number of halogens is 2. The topological polar surface area (TPSA) is 166 Å². The molecule has 0 amide bonds. The van der Waals surface area contributed by atoms with Crippen LogP contribution in [0.5, 0.6) is 11.5 Å². The number of benzene rings is 1. The first kappa shape index (κ1) is 21.6. The number of rotatable bonds is 7. The maximum Gasteiger partial charge on any atom is 0.304 e. The SMILES string of the molecule is Cl.N#Cc1ncc(Oc2ccc(-c3nnn(C[C@@H](N)CC(=O)O)n3)cc2F)cn1. The molecule has 11 nitrogen and oxygen atoms in total. The first-order valence-corrected chi connectivity index (χ1v) is 7.89. The van der Waals surface area contributed by atoms with Crippen LogP contribution in [-0.2, 0) is 11.3 Å². The van der Waals surface area contributed by atoms with Crippen LogP contribution in [0.1, 0.15) is 12.2 Å². The van der Waals surface area contributed by atoms with Crippen LogP contribution in [-0.4, -0.2) is 47.3 Å². The van der Waals surface area contributed by atoms with Gasteiger partial charge in [0.1, 0.15) is 6.07 Å². The molecule has 3 N–H and O–H groups in total. The minimum Gasteiger partial charge on any atom is -0.481 e. The van der Waals surface area contributed by atoms with Gasteiger partial charge < -0.3 is 15.6 Å². The average Bonchev–Trinajstić information content (AvgIpc) is 3.11. The fourth-order valence-electron chi connectivity index (χ4n) is 2.21. The molecule has 0 spiro atoms. The predicted molar refractivity (Wildman–Crippen MR) is 97.5 cm³/mol. The molecule has 0 saturated heterocycles. The van der Waals surface area contributed by atoms with Crippen molar-refractivity contribution in [2.45, 2.75) is 19.0 Å². The monoisotopic (exact) mass is 420 g/mol. The van der Waals surface area contributed by atoms with Gasteiger partial charge in [0.25, 0.3) is 0 Å². The van der Waals surface area contributed by atoms with Crippen molar-refractivity contribution in [1.29, 1.82) is 5.26 Å². The molecule has 1 atom stereocenters. The van der Waals surface area contributed by atoms with E-state index >= 15 is 0 Å². The van der Waals surface area contributed by atoms with E-state index < -0.39 is 17.8 Å². The number of nitrogens with zero attached hydrogens (tertiary/aromatic N) is 7. The van der Waals surface area contributed by atoms with Crippen LogP contribution in [0, 0.1) is 17.1 Å². The van der Waals surface area contributed by atoms with E-state index in [4.69, 9.17) is 20.8 Å². The van der Waals surface area contributed by atoms with Crippen molar-refractivity contribution in [2.75, 3.05) is 0 Å². The molecular formula is C16H14ClFN8O3. The van der Waals surface area contributed by atoms with Gasteiger partial charge in [-0.2, -0.15) is 10.1 Å². The maximum absolute atomic E-state index is 14.3. The van der Waals surface area contributed by atoms with Crippen molar-refractivity contribution >= 4 is 18.4 Å². The lowest BCUT2D eigenvalue weighted by Crippen LogP contribution is -2.30. The second-order valence-electron chi connectivity index (χ2n) is 5.63. The van der Waals surface area contributed by atoms with Gasteiger partial charge in [0, 0.05) is 11.6 Å². The van der Waals surface area contributed by atoms with Crippen LogP contribution in [0.3, 0.4) is 0 Å². The van der Waals surface area contributed by atoms with E-state index in [1.54, 1.807) is 6.07 Å². The van der Waals surface area contributed by atoms with E-state index in [-0.39, 0.29) is 48.5 Å². The minimum absolute atomic E-state index is 0. The Morgan fingerprint density at radius 2 is 2.10 bits per heavy atom. The molecule has 0 unspecified atom stereocenters. The molecule has 150 valence electrons. The Hall–Kier alpha value is -3.69. The van der Waals surface area contributed by atoms with Crippen LogP contribution >= 0.6 is 12.4 Å². The summed E-state index contributed by atoms with van der Waals surface area (Å²) in [5, 5.41) is 29.0. The summed E-state index contributed by atoms with van der Waals surface area (Å²) in [7, 11) is 0. The van der Waals surface area contributed by atoms with E-state index in [0.717, 1.165) is 4.80 Å². The zero-order valence-electron chi connectivity index (χ0n) is 14.6. The van der Waals surface area contributed by atoms with E-state index in [1.807, 2.05) is 0 Å². The van der Waals surface area contributed by atoms with Gasteiger partial charge in [0.2, 0.25) is 11.6 Å². The van der Waals surface area contributed by atoms with Crippen LogP contribution in [0.2, 0.25) is 0 Å². The zero-order chi connectivity index (χ0) is 20.1. The first-order valence-electron chi connectivity index (χ1n) is 7.89. The van der Waals surface area contributed by atoms with Gasteiger partial charge in [0.05, 0.1) is 25.4 Å². The molecule has 29 heavy (non-hydrogen) atoms. The highest BCUT2D eigenvalue weighted by atomic mass is 35.5. The molecule has 2 heterocycles. The number of aliphatic carboxylic acids is 1. The normalized spacial score (nSPS) is 11.2. The number of nitriles is 1. The third kappa shape index (κ3) is 5.64. The number of nitrogens with two attached hydrogens (primary N) is 1. The van der Waals surface area contributed by atoms with Crippen molar-refractivity contribution in [3.8, 4) is 29.0 Å². The molecular weight excluding hydrogens is 407 g/mol. The second kappa shape index (κ2) is 9.49. The lowest BCUT2D eigenvalue weighted by Gasteiger charge is -2.07. The van der Waals surface area contributed by atoms with Gasteiger partial charge in [-0.15, -0.1) is 22.6 Å². The Morgan fingerprint density at radius 1 is 1.38 bits per heavy atom. The third-order valence-electron chi connectivity index (χ3n) is 3.43. The molecule has 0 saturated carbocycles. The summed E-state index contributed by atoms with van der Waals surface area (Å²) in [6, 6.07) is 5.16. The Kier molecular flexibility index (Phi) is 7.07. The highest BCUT2D eigenvalue weighted by molar-refractivity contribution is 5.85. The second-order valence-corrected chi connectivity index (χ2v) is 5.63. The average molecular weight is 421 g/mol. The van der Waals surface area contributed by atoms with Gasteiger partial charge in [-0.1, -0.05) is 0 Å². The summed E-state index contributed by atoms with van der Waals surface area (Å²) < 4.78 is 19.7. The fourth-order valence-corrected chi connectivity index (χ4v) is 2.21. The van der Waals surface area contributed by atoms with Crippen molar-refractivity contribution in [2.24, 2.45) is 5.73 Å². The number of tetrazole rings is 1. The van der Waals surface area contributed by atoms with Crippen molar-refractivity contribution < 1.29 is 19.0 Å². The number of aromatic nitrogens is 6. The molecule has 3 aromatic rings. The number of carbonyl (C=O) groups is 1. The highest BCUT2D eigenvalue weighted by Gasteiger charge is 2.14. The standard InChI is InChI=1S/C16H13FN8O3.ClH/c17-12-3-9(16-22-24-25(23-16)8-10(19)4-15(26)27)1-2-13(12)28-11-6-20-14(5-18)21-7-11;/h1-3,6-7,10H,4,8,19H2,(H,26,27);1H/t10-;/m0./s1. The Morgan fingerprint density at radius 3 is 2.72 bits per heavy atom. The summed E-state index contributed by atoms with van der Waals surface area (Å²) in [5.41, 5.74) is 6.02. The molecule has 0 aliphatic carbocycles. The van der Waals surface area contributed by atoms with Crippen LogP contribution in [0.25, 0.3) is 11.4 Å². The molecule has 1 aromatic carbocycles. The van der Waals surface area contributed by atoms with Gasteiger partial charge in [-0.05, 0) is 23.4 Å². The lowest BCUT2D eigenvalue weighted by atomic mass is 10.2. The molecule has 3 rings (SSSR count). The lowest BCUT2D eigenvalue weighted by molar-refractivity contribution is -0.137. The van der Waals surface area contributed by atoms with Crippen LogP contribution in [0.4, 0.5) is 4.39 Å². The Labute approximate surface area is 169 Å². The number of carboxylic acids is 1. The van der Waals surface area contributed by atoms with Crippen LogP contribution < -0.4 is 10.5 Å². The molecule has 0 aliphatic rings. The summed E-state index contributed by atoms with van der Waals surface area (Å²) >= 11 is 0. The number of ether oxygens (including phenoxy) is 1. The number of hydrogen-bond donors (Lipinski definition) is 2. The van der Waals surface area contributed by atoms with Crippen LogP contribution in [0.15, 0.2) is 30.6 Å². The smallest absolute Gasteiger partial charge is 0.304 e. The van der Waals surface area contributed by atoms with Crippen molar-refractivity contribution in [1.82, 2.24) is 30.2 Å². The quantitative estimate of drug-likeness (QED) is 0.566. The number of carboxylic acid groups (broad SMARTS) is 1. The molecule has 0 aliphatic heterocycles. The summed E-state index contributed by atoms with van der Waals surface area (Å²) in [6.45, 7) is 0.0572. The fraction of sp³-hybridized carbons (Fsp3) is 0.188. The summed E-state index contributed by atoms with van der Waals surface area (Å²) in [5.74, 6) is -1.50. The summed E-state index contributed by atoms with van der Waals surface area (Å²) in [6.07, 6.45) is 2.27. The Balaban J connectivity index is 0.00000300. The maximum atomic E-state index is 14.3. The van der Waals surface area contributed by atoms with E-state index in [9.17, 15) is 9.18 Å².